The van der Waals surface area contributed by atoms with Crippen LogP contribution in [-0.2, 0) is 16.0 Å². The van der Waals surface area contributed by atoms with Crippen molar-refractivity contribution in [1.29, 1.82) is 0 Å². The Kier molecular flexibility index (Phi) is 7.27. The molecular weight excluding hydrogens is 530 g/mol. The van der Waals surface area contributed by atoms with Crippen LogP contribution in [0.1, 0.15) is 22.8 Å². The van der Waals surface area contributed by atoms with Crippen LogP contribution >= 0.6 is 0 Å². The molecular formula is C34H29N3O5. The molecule has 8 heteroatoms. The zero-order chi connectivity index (χ0) is 29.2. The Morgan fingerprint density at radius 3 is 1.98 bits per heavy atom. The summed E-state index contributed by atoms with van der Waals surface area (Å²) in [5.74, 6) is 0.616. The topological polar surface area (TPSA) is 90.9 Å². The lowest BCUT2D eigenvalue weighted by molar-refractivity contribution is -0.126. The standard InChI is InChI=1S/C34H29N3O5/c1-21(33(38)37-19-18-22-6-4-5-7-30(22)37)42-34(39)25-12-17-28-29(20-25)36-32(24-10-15-27(41-3)16-11-24)31(35-28)23-8-13-26(40-2)14-9-23/h4-17,20-21H,18-19H2,1-3H3. The second kappa shape index (κ2) is 11.3. The highest BCUT2D eigenvalue weighted by molar-refractivity contribution is 6.01. The molecule has 6 rings (SSSR count). The Labute approximate surface area is 243 Å². The van der Waals surface area contributed by atoms with Gasteiger partial charge >= 0.3 is 5.97 Å². The predicted octanol–water partition coefficient (Wildman–Crippen LogP) is 6.12. The van der Waals surface area contributed by atoms with Crippen LogP contribution < -0.4 is 14.4 Å². The number of esters is 1. The number of ether oxygens (including phenoxy) is 3. The van der Waals surface area contributed by atoms with Crippen LogP contribution in [0.2, 0.25) is 0 Å². The van der Waals surface area contributed by atoms with Gasteiger partial charge in [0, 0.05) is 23.4 Å². The molecule has 0 saturated carbocycles. The van der Waals surface area contributed by atoms with Crippen LogP contribution in [0, 0.1) is 0 Å². The molecule has 210 valence electrons. The summed E-state index contributed by atoms with van der Waals surface area (Å²) in [5, 5.41) is 0. The summed E-state index contributed by atoms with van der Waals surface area (Å²) in [7, 11) is 3.24. The van der Waals surface area contributed by atoms with E-state index in [0.29, 0.717) is 29.0 Å². The number of para-hydroxylation sites is 1. The molecule has 0 radical (unpaired) electrons. The van der Waals surface area contributed by atoms with Crippen molar-refractivity contribution in [2.75, 3.05) is 25.7 Å². The third kappa shape index (κ3) is 5.14. The van der Waals surface area contributed by atoms with Crippen LogP contribution in [-0.4, -0.2) is 48.7 Å². The quantitative estimate of drug-likeness (QED) is 0.222. The van der Waals surface area contributed by atoms with Gasteiger partial charge in [-0.2, -0.15) is 0 Å². The van der Waals surface area contributed by atoms with Crippen LogP contribution in [0.15, 0.2) is 91.0 Å². The summed E-state index contributed by atoms with van der Waals surface area (Å²) in [6.45, 7) is 2.17. The van der Waals surface area contributed by atoms with E-state index in [0.717, 1.165) is 40.3 Å². The third-order valence-corrected chi connectivity index (χ3v) is 7.41. The molecule has 1 aromatic heterocycles. The number of hydrogen-bond acceptors (Lipinski definition) is 7. The van der Waals surface area contributed by atoms with E-state index in [2.05, 4.69) is 0 Å². The maximum Gasteiger partial charge on any atom is 0.338 e. The first-order chi connectivity index (χ1) is 20.4. The van der Waals surface area contributed by atoms with Crippen LogP contribution in [0.4, 0.5) is 5.69 Å². The summed E-state index contributed by atoms with van der Waals surface area (Å²) in [4.78, 5) is 37.9. The molecule has 0 N–H and O–H groups in total. The van der Waals surface area contributed by atoms with Gasteiger partial charge in [0.15, 0.2) is 6.10 Å². The lowest BCUT2D eigenvalue weighted by Crippen LogP contribution is -2.39. The third-order valence-electron chi connectivity index (χ3n) is 7.41. The summed E-state index contributed by atoms with van der Waals surface area (Å²) in [6, 6.07) is 28.0. The van der Waals surface area contributed by atoms with E-state index in [1.165, 1.54) is 0 Å². The first-order valence-electron chi connectivity index (χ1n) is 13.7. The van der Waals surface area contributed by atoms with Gasteiger partial charge in [-0.1, -0.05) is 18.2 Å². The molecule has 1 aliphatic rings. The molecule has 0 spiro atoms. The van der Waals surface area contributed by atoms with Gasteiger partial charge in [0.1, 0.15) is 11.5 Å². The summed E-state index contributed by atoms with van der Waals surface area (Å²) >= 11 is 0. The zero-order valence-corrected chi connectivity index (χ0v) is 23.5. The van der Waals surface area contributed by atoms with E-state index in [4.69, 9.17) is 24.2 Å². The Balaban J connectivity index is 1.31. The molecule has 5 aromatic rings. The average molecular weight is 560 g/mol. The molecule has 0 bridgehead atoms. The van der Waals surface area contributed by atoms with Crippen LogP contribution in [0.25, 0.3) is 33.5 Å². The molecule has 8 nitrogen and oxygen atoms in total. The van der Waals surface area contributed by atoms with E-state index in [-0.39, 0.29) is 11.5 Å². The number of amides is 1. The van der Waals surface area contributed by atoms with Gasteiger partial charge in [0.25, 0.3) is 5.91 Å². The number of aromatic nitrogens is 2. The van der Waals surface area contributed by atoms with Crippen molar-refractivity contribution in [2.45, 2.75) is 19.4 Å². The lowest BCUT2D eigenvalue weighted by Gasteiger charge is -2.21. The van der Waals surface area contributed by atoms with Crippen LogP contribution in [0.5, 0.6) is 11.5 Å². The van der Waals surface area contributed by atoms with Gasteiger partial charge < -0.3 is 19.1 Å². The molecule has 1 unspecified atom stereocenters. The Morgan fingerprint density at radius 1 is 0.762 bits per heavy atom. The van der Waals surface area contributed by atoms with E-state index in [1.807, 2.05) is 72.8 Å². The molecule has 0 aliphatic carbocycles. The molecule has 1 aliphatic heterocycles. The Morgan fingerprint density at radius 2 is 1.36 bits per heavy atom. The second-order valence-corrected chi connectivity index (χ2v) is 10.00. The van der Waals surface area contributed by atoms with E-state index in [1.54, 1.807) is 44.2 Å². The Hall–Kier alpha value is -5.24. The molecule has 1 amide bonds. The Bertz CT molecular complexity index is 1780. The number of benzene rings is 4. The van der Waals surface area contributed by atoms with Crippen molar-refractivity contribution in [1.82, 2.24) is 9.97 Å². The number of methoxy groups -OCH3 is 2. The maximum absolute atomic E-state index is 13.2. The highest BCUT2D eigenvalue weighted by atomic mass is 16.5. The minimum atomic E-state index is -0.947. The van der Waals surface area contributed by atoms with Gasteiger partial charge in [0.2, 0.25) is 0 Å². The monoisotopic (exact) mass is 559 g/mol. The van der Waals surface area contributed by atoms with Crippen LogP contribution in [0.3, 0.4) is 0 Å². The van der Waals surface area contributed by atoms with Crippen molar-refractivity contribution in [3.63, 3.8) is 0 Å². The first-order valence-corrected chi connectivity index (χ1v) is 13.7. The van der Waals surface area contributed by atoms with Crippen molar-refractivity contribution < 1.29 is 23.8 Å². The average Bonchev–Trinajstić information content (AvgIpc) is 3.47. The van der Waals surface area contributed by atoms with Crippen molar-refractivity contribution in [2.24, 2.45) is 0 Å². The fraction of sp³-hybridized carbons (Fsp3) is 0.176. The number of carbonyl (C=O) groups is 2. The SMILES string of the molecule is COc1ccc(-c2nc3ccc(C(=O)OC(C)C(=O)N4CCc5ccccc54)cc3nc2-c2ccc(OC)cc2)cc1. The molecule has 42 heavy (non-hydrogen) atoms. The number of nitrogens with zero attached hydrogens (tertiary/aromatic N) is 3. The van der Waals surface area contributed by atoms with E-state index >= 15 is 0 Å². The van der Waals surface area contributed by atoms with Gasteiger partial charge in [0.05, 0.1) is 42.2 Å². The van der Waals surface area contributed by atoms with Gasteiger partial charge in [-0.05, 0) is 91.7 Å². The minimum Gasteiger partial charge on any atom is -0.497 e. The van der Waals surface area contributed by atoms with Crippen molar-refractivity contribution in [3.8, 4) is 34.0 Å². The molecule has 4 aromatic carbocycles. The second-order valence-electron chi connectivity index (χ2n) is 10.00. The van der Waals surface area contributed by atoms with E-state index in [9.17, 15) is 9.59 Å². The van der Waals surface area contributed by atoms with Gasteiger partial charge in [-0.15, -0.1) is 0 Å². The minimum absolute atomic E-state index is 0.250. The van der Waals surface area contributed by atoms with Crippen molar-refractivity contribution in [3.05, 3.63) is 102 Å². The highest BCUT2D eigenvalue weighted by Gasteiger charge is 2.30. The smallest absolute Gasteiger partial charge is 0.338 e. The fourth-order valence-corrected chi connectivity index (χ4v) is 5.15. The molecule has 0 fully saturated rings. The molecule has 2 heterocycles. The normalized spacial score (nSPS) is 13.0. The fourth-order valence-electron chi connectivity index (χ4n) is 5.15. The zero-order valence-electron chi connectivity index (χ0n) is 23.5. The van der Waals surface area contributed by atoms with E-state index < -0.39 is 12.1 Å². The number of carbonyl (C=O) groups excluding carboxylic acids is 2. The summed E-state index contributed by atoms with van der Waals surface area (Å²) < 4.78 is 16.3. The molecule has 0 saturated heterocycles. The largest absolute Gasteiger partial charge is 0.497 e. The predicted molar refractivity (Wildman–Crippen MR) is 161 cm³/mol. The summed E-state index contributed by atoms with van der Waals surface area (Å²) in [6.07, 6.45) is -0.168. The van der Waals surface area contributed by atoms with Gasteiger partial charge in [-0.25, -0.2) is 14.8 Å². The number of fused-ring (bicyclic) bond motifs is 2. The number of rotatable bonds is 7. The lowest BCUT2D eigenvalue weighted by atomic mass is 10.0. The summed E-state index contributed by atoms with van der Waals surface area (Å²) in [5.41, 5.74) is 6.46. The number of hydrogen-bond donors (Lipinski definition) is 0. The maximum atomic E-state index is 13.2. The number of anilines is 1. The van der Waals surface area contributed by atoms with Crippen molar-refractivity contribution >= 4 is 28.6 Å². The first kappa shape index (κ1) is 27.0. The highest BCUT2D eigenvalue weighted by Crippen LogP contribution is 2.33. The molecule has 1 atom stereocenters. The van der Waals surface area contributed by atoms with Gasteiger partial charge in [-0.3, -0.25) is 4.79 Å².